The predicted molar refractivity (Wildman–Crippen MR) is 130 cm³/mol. The van der Waals surface area contributed by atoms with Gasteiger partial charge in [0.2, 0.25) is 10.0 Å². The first-order valence-electron chi connectivity index (χ1n) is 9.96. The number of benzene rings is 3. The zero-order chi connectivity index (χ0) is 24.9. The number of carbonyl (C=O) groups is 1. The number of ether oxygens (including phenoxy) is 2. The van der Waals surface area contributed by atoms with Crippen LogP contribution in [0.3, 0.4) is 0 Å². The lowest BCUT2D eigenvalue weighted by atomic mass is 10.0. The van der Waals surface area contributed by atoms with Gasteiger partial charge in [0.1, 0.15) is 0 Å². The fraction of sp³-hybridized carbons (Fsp3) is 0.120. The Bertz CT molecular complexity index is 1390. The normalized spacial score (nSPS) is 11.7. The molecule has 0 atom stereocenters. The molecule has 174 valence electrons. The number of allylic oxidation sites excluding steroid dienone is 1. The molecule has 3 aromatic rings. The molecule has 0 bridgehead atoms. The molecule has 0 amide bonds. The van der Waals surface area contributed by atoms with E-state index in [-0.39, 0.29) is 22.0 Å². The van der Waals surface area contributed by atoms with Crippen molar-refractivity contribution in [3.05, 3.63) is 88.4 Å². The molecule has 0 aliphatic carbocycles. The summed E-state index contributed by atoms with van der Waals surface area (Å²) >= 11 is 6.02. The first-order valence-corrected chi connectivity index (χ1v) is 11.8. The van der Waals surface area contributed by atoms with Gasteiger partial charge in [-0.3, -0.25) is 0 Å². The summed E-state index contributed by atoms with van der Waals surface area (Å²) in [6, 6.07) is 19.4. The van der Waals surface area contributed by atoms with Gasteiger partial charge in [-0.25, -0.2) is 17.5 Å². The summed E-state index contributed by atoms with van der Waals surface area (Å²) in [5, 5.41) is 10.1. The van der Waals surface area contributed by atoms with Crippen molar-refractivity contribution in [2.45, 2.75) is 4.90 Å². The fourth-order valence-corrected chi connectivity index (χ4v) is 4.09. The van der Waals surface area contributed by atoms with Crippen LogP contribution < -0.4 is 9.47 Å². The van der Waals surface area contributed by atoms with E-state index in [4.69, 9.17) is 21.1 Å². The SMILES string of the molecule is COc1cc(/C=C(/C#N)c2cccc(Cl)c2)ccc1OC(=O)c1ccc(S(=O)(=O)N(C)C)cc1. The highest BCUT2D eigenvalue weighted by Crippen LogP contribution is 2.31. The van der Waals surface area contributed by atoms with E-state index in [9.17, 15) is 18.5 Å². The van der Waals surface area contributed by atoms with Gasteiger partial charge in [-0.15, -0.1) is 0 Å². The van der Waals surface area contributed by atoms with Gasteiger partial charge in [-0.1, -0.05) is 29.8 Å². The summed E-state index contributed by atoms with van der Waals surface area (Å²) in [5.41, 5.74) is 1.91. The van der Waals surface area contributed by atoms with Gasteiger partial charge < -0.3 is 9.47 Å². The van der Waals surface area contributed by atoms with Gasteiger partial charge in [-0.2, -0.15) is 5.26 Å². The highest BCUT2D eigenvalue weighted by Gasteiger charge is 2.19. The maximum Gasteiger partial charge on any atom is 0.343 e. The average Bonchev–Trinajstić information content (AvgIpc) is 2.83. The monoisotopic (exact) mass is 496 g/mol. The quantitative estimate of drug-likeness (QED) is 0.200. The molecule has 3 rings (SSSR count). The number of esters is 1. The molecule has 0 saturated carbocycles. The molecular weight excluding hydrogens is 476 g/mol. The zero-order valence-electron chi connectivity index (χ0n) is 18.7. The van der Waals surface area contributed by atoms with E-state index in [0.717, 1.165) is 4.31 Å². The molecular formula is C25H21ClN2O5S. The summed E-state index contributed by atoms with van der Waals surface area (Å²) in [7, 11) is 0.686. The van der Waals surface area contributed by atoms with Crippen molar-refractivity contribution in [2.24, 2.45) is 0 Å². The Labute approximate surface area is 203 Å². The van der Waals surface area contributed by atoms with E-state index in [1.807, 2.05) is 0 Å². The lowest BCUT2D eigenvalue weighted by Crippen LogP contribution is -2.22. The number of nitriles is 1. The lowest BCUT2D eigenvalue weighted by Gasteiger charge is -2.12. The average molecular weight is 497 g/mol. The molecule has 0 unspecified atom stereocenters. The third-order valence-corrected chi connectivity index (χ3v) is 6.89. The maximum atomic E-state index is 12.6. The van der Waals surface area contributed by atoms with Crippen LogP contribution >= 0.6 is 11.6 Å². The minimum atomic E-state index is -3.60. The minimum absolute atomic E-state index is 0.0655. The van der Waals surface area contributed by atoms with Crippen molar-refractivity contribution >= 4 is 39.2 Å². The van der Waals surface area contributed by atoms with Crippen LogP contribution in [0.15, 0.2) is 71.6 Å². The molecule has 0 aromatic heterocycles. The lowest BCUT2D eigenvalue weighted by molar-refractivity contribution is 0.0729. The maximum absolute atomic E-state index is 12.6. The van der Waals surface area contributed by atoms with Crippen molar-refractivity contribution in [3.63, 3.8) is 0 Å². The highest BCUT2D eigenvalue weighted by atomic mass is 35.5. The first-order chi connectivity index (χ1) is 16.1. The number of nitrogens with zero attached hydrogens (tertiary/aromatic N) is 2. The fourth-order valence-electron chi connectivity index (χ4n) is 2.99. The van der Waals surface area contributed by atoms with Gasteiger partial charge in [0.15, 0.2) is 11.5 Å². The molecule has 34 heavy (non-hydrogen) atoms. The second-order valence-corrected chi connectivity index (χ2v) is 9.88. The molecule has 0 heterocycles. The Morgan fingerprint density at radius 2 is 1.71 bits per heavy atom. The number of hydrogen-bond donors (Lipinski definition) is 0. The summed E-state index contributed by atoms with van der Waals surface area (Å²) in [5.74, 6) is -0.208. The predicted octanol–water partition coefficient (Wildman–Crippen LogP) is 4.88. The minimum Gasteiger partial charge on any atom is -0.493 e. The number of carbonyl (C=O) groups excluding carboxylic acids is 1. The van der Waals surface area contributed by atoms with E-state index in [1.165, 1.54) is 45.5 Å². The smallest absolute Gasteiger partial charge is 0.343 e. The number of sulfonamides is 1. The van der Waals surface area contributed by atoms with E-state index in [0.29, 0.717) is 21.7 Å². The van der Waals surface area contributed by atoms with Crippen LogP contribution in [0.25, 0.3) is 11.6 Å². The van der Waals surface area contributed by atoms with Crippen LogP contribution in [0.1, 0.15) is 21.5 Å². The Morgan fingerprint density at radius 1 is 1.00 bits per heavy atom. The van der Waals surface area contributed by atoms with Crippen molar-refractivity contribution in [3.8, 4) is 17.6 Å². The summed E-state index contributed by atoms with van der Waals surface area (Å²) in [6.45, 7) is 0. The molecule has 0 spiro atoms. The molecule has 0 saturated heterocycles. The molecule has 0 aliphatic rings. The third kappa shape index (κ3) is 5.64. The molecule has 0 aliphatic heterocycles. The van der Waals surface area contributed by atoms with Gasteiger partial charge in [0.25, 0.3) is 0 Å². The summed E-state index contributed by atoms with van der Waals surface area (Å²) < 4.78 is 36.3. The van der Waals surface area contributed by atoms with Gasteiger partial charge in [0, 0.05) is 19.1 Å². The number of methoxy groups -OCH3 is 1. The van der Waals surface area contributed by atoms with E-state index in [1.54, 1.807) is 48.5 Å². The first kappa shape index (κ1) is 25.0. The van der Waals surface area contributed by atoms with Gasteiger partial charge >= 0.3 is 5.97 Å². The molecule has 0 radical (unpaired) electrons. The Kier molecular flexibility index (Phi) is 7.74. The van der Waals surface area contributed by atoms with Crippen LogP contribution in [0.4, 0.5) is 0 Å². The van der Waals surface area contributed by atoms with Crippen molar-refractivity contribution in [1.82, 2.24) is 4.31 Å². The number of halogens is 1. The van der Waals surface area contributed by atoms with Crippen molar-refractivity contribution < 1.29 is 22.7 Å². The van der Waals surface area contributed by atoms with E-state index < -0.39 is 16.0 Å². The van der Waals surface area contributed by atoms with Crippen molar-refractivity contribution in [2.75, 3.05) is 21.2 Å². The van der Waals surface area contributed by atoms with Crippen LogP contribution in [-0.2, 0) is 10.0 Å². The van der Waals surface area contributed by atoms with Gasteiger partial charge in [0.05, 0.1) is 29.2 Å². The summed E-state index contributed by atoms with van der Waals surface area (Å²) in [6.07, 6.45) is 1.67. The van der Waals surface area contributed by atoms with Crippen LogP contribution in [0.2, 0.25) is 5.02 Å². The highest BCUT2D eigenvalue weighted by molar-refractivity contribution is 7.89. The Balaban J connectivity index is 1.84. The van der Waals surface area contributed by atoms with E-state index >= 15 is 0 Å². The topological polar surface area (TPSA) is 96.7 Å². The third-order valence-electron chi connectivity index (χ3n) is 4.83. The van der Waals surface area contributed by atoms with E-state index in [2.05, 4.69) is 6.07 Å². The van der Waals surface area contributed by atoms with Gasteiger partial charge in [-0.05, 0) is 65.7 Å². The van der Waals surface area contributed by atoms with Crippen LogP contribution in [0, 0.1) is 11.3 Å². The number of hydrogen-bond acceptors (Lipinski definition) is 6. The van der Waals surface area contributed by atoms with Crippen LogP contribution in [0.5, 0.6) is 11.5 Å². The molecule has 9 heteroatoms. The Hall–Kier alpha value is -3.64. The molecule has 0 N–H and O–H groups in total. The second kappa shape index (κ2) is 10.5. The second-order valence-electron chi connectivity index (χ2n) is 7.29. The standard InChI is InChI=1S/C25H21ClN2O5S/c1-28(2)34(30,31)22-10-8-18(9-11-22)25(29)33-23-12-7-17(14-24(23)32-3)13-20(16-27)19-5-4-6-21(26)15-19/h4-15H,1-3H3/b20-13-. The number of rotatable bonds is 7. The molecule has 3 aromatic carbocycles. The van der Waals surface area contributed by atoms with Crippen molar-refractivity contribution in [1.29, 1.82) is 5.26 Å². The summed E-state index contributed by atoms with van der Waals surface area (Å²) in [4.78, 5) is 12.7. The van der Waals surface area contributed by atoms with Crippen LogP contribution in [-0.4, -0.2) is 39.9 Å². The molecule has 7 nitrogen and oxygen atoms in total. The largest absolute Gasteiger partial charge is 0.493 e. The zero-order valence-corrected chi connectivity index (χ0v) is 20.2. The molecule has 0 fully saturated rings. The Morgan fingerprint density at radius 3 is 2.29 bits per heavy atom.